The van der Waals surface area contributed by atoms with Gasteiger partial charge in [0.2, 0.25) is 0 Å². The van der Waals surface area contributed by atoms with Gasteiger partial charge in [0.25, 0.3) is 0 Å². The third-order valence-electron chi connectivity index (χ3n) is 4.92. The molecular weight excluding hydrogens is 236 g/mol. The molecule has 2 bridgehead atoms. The van der Waals surface area contributed by atoms with Crippen LogP contribution in [-0.2, 0) is 5.41 Å². The number of hydrogen-bond donors (Lipinski definition) is 0. The van der Waals surface area contributed by atoms with Gasteiger partial charge in [-0.05, 0) is 22.5 Å². The van der Waals surface area contributed by atoms with Crippen molar-refractivity contribution in [1.82, 2.24) is 0 Å². The highest BCUT2D eigenvalue weighted by Crippen LogP contribution is 2.82. The van der Waals surface area contributed by atoms with E-state index in [1.54, 1.807) is 0 Å². The van der Waals surface area contributed by atoms with Crippen molar-refractivity contribution in [2.24, 2.45) is 0 Å². The maximum atomic E-state index is 12.9. The summed E-state index contributed by atoms with van der Waals surface area (Å²) in [6.45, 7) is -0.452. The largest absolute Gasteiger partial charge is 0.484 e. The number of halogens is 3. The van der Waals surface area contributed by atoms with Crippen molar-refractivity contribution in [3.05, 3.63) is 35.4 Å². The van der Waals surface area contributed by atoms with Crippen LogP contribution < -0.4 is 0 Å². The van der Waals surface area contributed by atoms with Crippen molar-refractivity contribution in [3.8, 4) is 0 Å². The first kappa shape index (κ1) is 12.1. The molecule has 3 fully saturated rings. The molecule has 0 atom stereocenters. The lowest BCUT2D eigenvalue weighted by molar-refractivity contribution is -0.0407. The van der Waals surface area contributed by atoms with E-state index in [0.29, 0.717) is 25.2 Å². The Morgan fingerprint density at radius 3 is 2.11 bits per heavy atom. The summed E-state index contributed by atoms with van der Waals surface area (Å²) in [5.74, 6) is 0.377. The molecule has 0 unspecified atom stereocenters. The van der Waals surface area contributed by atoms with Crippen LogP contribution in [0.4, 0.5) is 12.9 Å². The Morgan fingerprint density at radius 1 is 1.06 bits per heavy atom. The normalized spacial score (nSPS) is 34.1. The third-order valence-corrected chi connectivity index (χ3v) is 4.92. The number of rotatable bonds is 3. The Balaban J connectivity index is 1.89. The van der Waals surface area contributed by atoms with Crippen molar-refractivity contribution in [1.29, 1.82) is 0 Å². The van der Waals surface area contributed by atoms with E-state index in [9.17, 15) is 12.9 Å². The van der Waals surface area contributed by atoms with Gasteiger partial charge in [0, 0.05) is 0 Å². The Morgan fingerprint density at radius 2 is 1.61 bits per heavy atom. The second kappa shape index (κ2) is 3.34. The first-order chi connectivity index (χ1) is 8.30. The summed E-state index contributed by atoms with van der Waals surface area (Å²) in [4.78, 5) is 0. The minimum Gasteiger partial charge on any atom is -0.449 e. The summed E-state index contributed by atoms with van der Waals surface area (Å²) in [7, 11) is 0. The molecule has 0 N–H and O–H groups in total. The van der Waals surface area contributed by atoms with Gasteiger partial charge in [-0.2, -0.15) is 0 Å². The first-order valence-electron chi connectivity index (χ1n) is 6.59. The van der Waals surface area contributed by atoms with Gasteiger partial charge in [0.1, 0.15) is 0 Å². The molecule has 98 valence electrons. The zero-order valence-electron chi connectivity index (χ0n) is 10.7. The fourth-order valence-electron chi connectivity index (χ4n) is 3.98. The fraction of sp³-hybridized carbons (Fsp3) is 0.571. The lowest BCUT2D eigenvalue weighted by atomic mass is 9.23. The molecule has 3 aliphatic carbocycles. The molecule has 0 aromatic heterocycles. The van der Waals surface area contributed by atoms with Gasteiger partial charge in [0.05, 0.1) is 0 Å². The molecule has 0 radical (unpaired) electrons. The summed E-state index contributed by atoms with van der Waals surface area (Å²) in [5.41, 5.74) is 2.24. The van der Waals surface area contributed by atoms with E-state index in [2.05, 4.69) is 19.9 Å². The van der Waals surface area contributed by atoms with Gasteiger partial charge in [-0.15, -0.1) is 0 Å². The summed E-state index contributed by atoms with van der Waals surface area (Å²) in [6, 6.07) is 8.02. The van der Waals surface area contributed by atoms with Crippen LogP contribution in [0.3, 0.4) is 0 Å². The molecule has 0 heterocycles. The maximum Gasteiger partial charge on any atom is 0.484 e. The molecule has 18 heavy (non-hydrogen) atoms. The van der Waals surface area contributed by atoms with Crippen LogP contribution in [0, 0.1) is 0 Å². The minimum atomic E-state index is -4.66. The molecule has 3 aliphatic rings. The van der Waals surface area contributed by atoms with Crippen molar-refractivity contribution < 1.29 is 12.9 Å². The predicted molar refractivity (Wildman–Crippen MR) is 67.8 cm³/mol. The lowest BCUT2D eigenvalue weighted by Gasteiger charge is -2.76. The molecule has 0 nitrogen and oxygen atoms in total. The molecule has 0 aliphatic heterocycles. The second-order valence-corrected chi connectivity index (χ2v) is 6.49. The van der Waals surface area contributed by atoms with Crippen LogP contribution in [0.25, 0.3) is 0 Å². The van der Waals surface area contributed by atoms with E-state index in [1.165, 1.54) is 11.1 Å². The predicted octanol–water partition coefficient (Wildman–Crippen LogP) is 4.83. The highest BCUT2D eigenvalue weighted by Gasteiger charge is 2.74. The van der Waals surface area contributed by atoms with Crippen molar-refractivity contribution in [3.63, 3.8) is 0 Å². The molecule has 0 spiro atoms. The quantitative estimate of drug-likeness (QED) is 0.676. The second-order valence-electron chi connectivity index (χ2n) is 6.49. The van der Waals surface area contributed by atoms with Gasteiger partial charge in [-0.1, -0.05) is 62.7 Å². The van der Waals surface area contributed by atoms with E-state index in [-0.39, 0.29) is 5.41 Å². The maximum absolute atomic E-state index is 12.9. The van der Waals surface area contributed by atoms with Crippen LogP contribution in [0.1, 0.15) is 50.2 Å². The smallest absolute Gasteiger partial charge is 0.449 e. The molecule has 3 saturated carbocycles. The zero-order valence-corrected chi connectivity index (χ0v) is 10.7. The number of benzene rings is 1. The van der Waals surface area contributed by atoms with Crippen LogP contribution in [-0.4, -0.2) is 6.98 Å². The molecule has 1 aromatic carbocycles. The lowest BCUT2D eigenvalue weighted by Crippen LogP contribution is -2.67. The van der Waals surface area contributed by atoms with Crippen molar-refractivity contribution in [2.75, 3.05) is 0 Å². The Kier molecular flexibility index (Phi) is 2.25. The molecular formula is C14H17BF3-. The topological polar surface area (TPSA) is 0 Å². The Bertz CT molecular complexity index is 470. The van der Waals surface area contributed by atoms with Crippen LogP contribution in [0.15, 0.2) is 24.3 Å². The van der Waals surface area contributed by atoms with Gasteiger partial charge in [-0.3, -0.25) is 0 Å². The Hall–Kier alpha value is -0.925. The summed E-state index contributed by atoms with van der Waals surface area (Å²) >= 11 is 0. The average molecular weight is 253 g/mol. The van der Waals surface area contributed by atoms with E-state index >= 15 is 0 Å². The third kappa shape index (κ3) is 1.35. The fourth-order valence-corrected chi connectivity index (χ4v) is 3.98. The van der Waals surface area contributed by atoms with Crippen LogP contribution in [0.2, 0.25) is 5.31 Å². The van der Waals surface area contributed by atoms with Crippen LogP contribution in [0.5, 0.6) is 0 Å². The van der Waals surface area contributed by atoms with Gasteiger partial charge in [-0.25, -0.2) is 0 Å². The number of hydrogen-bond acceptors (Lipinski definition) is 0. The van der Waals surface area contributed by atoms with Gasteiger partial charge >= 0.3 is 6.98 Å². The summed E-state index contributed by atoms with van der Waals surface area (Å²) in [6.07, 6.45) is 0.980. The Labute approximate surface area is 106 Å². The molecule has 4 heteroatoms. The summed E-state index contributed by atoms with van der Waals surface area (Å²) in [5, 5.41) is -1.29. The van der Waals surface area contributed by atoms with Crippen molar-refractivity contribution >= 4 is 6.98 Å². The molecule has 4 rings (SSSR count). The van der Waals surface area contributed by atoms with E-state index < -0.39 is 12.3 Å². The molecule has 0 amide bonds. The SMILES string of the molecule is CC(C)c1ccccc1C12CC([B-](F)(F)F)(C1)C2. The first-order valence-corrected chi connectivity index (χ1v) is 6.59. The highest BCUT2D eigenvalue weighted by atomic mass is 19.4. The monoisotopic (exact) mass is 253 g/mol. The van der Waals surface area contributed by atoms with Gasteiger partial charge in [0.15, 0.2) is 0 Å². The standard InChI is InChI=1S/C14H17BF3/c1-10(2)11-5-3-4-6-12(11)13-7-14(8-13,9-13)15(16,17)18/h3-6,10H,7-9H2,1-2H3/q-1. The van der Waals surface area contributed by atoms with E-state index in [4.69, 9.17) is 0 Å². The van der Waals surface area contributed by atoms with Crippen LogP contribution >= 0.6 is 0 Å². The molecule has 0 saturated heterocycles. The average Bonchev–Trinajstić information content (AvgIpc) is 2.11. The van der Waals surface area contributed by atoms with Crippen molar-refractivity contribution in [2.45, 2.75) is 49.8 Å². The highest BCUT2D eigenvalue weighted by molar-refractivity contribution is 6.63. The molecule has 1 aromatic rings. The zero-order chi connectivity index (χ0) is 13.2. The van der Waals surface area contributed by atoms with Gasteiger partial charge < -0.3 is 12.9 Å². The minimum absolute atomic E-state index is 0.155. The van der Waals surface area contributed by atoms with E-state index in [0.717, 1.165) is 0 Å². The van der Waals surface area contributed by atoms with E-state index in [1.807, 2.05) is 18.2 Å². The summed E-state index contributed by atoms with van der Waals surface area (Å²) < 4.78 is 38.8.